The normalized spacial score (nSPS) is 20.5. The molecule has 1 heterocycles. The van der Waals surface area contributed by atoms with E-state index in [1.54, 1.807) is 0 Å². The van der Waals surface area contributed by atoms with Gasteiger partial charge < -0.3 is 4.84 Å². The van der Waals surface area contributed by atoms with Crippen LogP contribution in [0.25, 0.3) is 0 Å². The highest BCUT2D eigenvalue weighted by Crippen LogP contribution is 2.19. The van der Waals surface area contributed by atoms with Gasteiger partial charge in [0.05, 0.1) is 5.71 Å². The summed E-state index contributed by atoms with van der Waals surface area (Å²) in [6, 6.07) is 3.63. The van der Waals surface area contributed by atoms with Crippen LogP contribution in [0, 0.1) is 11.6 Å². The molecule has 1 aliphatic heterocycles. The van der Waals surface area contributed by atoms with E-state index in [-0.39, 0.29) is 5.44 Å². The number of hydrogen-bond acceptors (Lipinski definition) is 3. The van der Waals surface area contributed by atoms with Gasteiger partial charge in [-0.1, -0.05) is 5.16 Å². The quantitative estimate of drug-likeness (QED) is 0.713. The van der Waals surface area contributed by atoms with Gasteiger partial charge in [-0.15, -0.1) is 12.6 Å². The van der Waals surface area contributed by atoms with E-state index in [0.29, 0.717) is 17.7 Å². The van der Waals surface area contributed by atoms with Crippen molar-refractivity contribution in [2.24, 2.45) is 5.16 Å². The molecule has 0 aromatic heterocycles. The van der Waals surface area contributed by atoms with Crippen molar-refractivity contribution < 1.29 is 13.6 Å². The highest BCUT2D eigenvalue weighted by Gasteiger charge is 2.19. The predicted molar refractivity (Wildman–Crippen MR) is 51.4 cm³/mol. The Balaban J connectivity index is 2.30. The molecule has 1 aromatic carbocycles. The minimum atomic E-state index is -0.882. The summed E-state index contributed by atoms with van der Waals surface area (Å²) < 4.78 is 25.4. The van der Waals surface area contributed by atoms with E-state index in [4.69, 9.17) is 4.84 Å². The van der Waals surface area contributed by atoms with Gasteiger partial charge in [0, 0.05) is 12.0 Å². The van der Waals surface area contributed by atoms with Gasteiger partial charge in [0.2, 0.25) is 0 Å². The standard InChI is InChI=1S/C9H7F2NOS/c10-6-2-1-5(3-7(6)11)8-4-9(14)13-12-8/h1-3,9,14H,4H2. The van der Waals surface area contributed by atoms with Crippen LogP contribution < -0.4 is 0 Å². The second kappa shape index (κ2) is 3.57. The van der Waals surface area contributed by atoms with Crippen molar-refractivity contribution in [2.45, 2.75) is 11.9 Å². The zero-order chi connectivity index (χ0) is 10.1. The first-order valence-electron chi connectivity index (χ1n) is 4.03. The van der Waals surface area contributed by atoms with Crippen LogP contribution in [0.2, 0.25) is 0 Å². The Morgan fingerprint density at radius 3 is 2.71 bits per heavy atom. The molecule has 1 aliphatic rings. The van der Waals surface area contributed by atoms with Crippen molar-refractivity contribution in [1.29, 1.82) is 0 Å². The number of benzene rings is 1. The Labute approximate surface area is 85.0 Å². The van der Waals surface area contributed by atoms with E-state index in [9.17, 15) is 8.78 Å². The molecule has 0 spiro atoms. The summed E-state index contributed by atoms with van der Waals surface area (Å²) in [7, 11) is 0. The molecule has 1 aromatic rings. The zero-order valence-electron chi connectivity index (χ0n) is 7.08. The first-order chi connectivity index (χ1) is 6.66. The molecule has 2 rings (SSSR count). The largest absolute Gasteiger partial charge is 0.381 e. The molecule has 0 N–H and O–H groups in total. The molecule has 2 nitrogen and oxygen atoms in total. The lowest BCUT2D eigenvalue weighted by Gasteiger charge is -1.99. The predicted octanol–water partition coefficient (Wildman–Crippen LogP) is 2.35. The summed E-state index contributed by atoms with van der Waals surface area (Å²) >= 11 is 4.04. The summed E-state index contributed by atoms with van der Waals surface area (Å²) in [5, 5.41) is 3.71. The van der Waals surface area contributed by atoms with Crippen molar-refractivity contribution in [1.82, 2.24) is 0 Å². The molecule has 74 valence electrons. The molecule has 5 heteroatoms. The fourth-order valence-corrected chi connectivity index (χ4v) is 1.43. The molecule has 1 unspecified atom stereocenters. The van der Waals surface area contributed by atoms with Crippen molar-refractivity contribution in [3.63, 3.8) is 0 Å². The summed E-state index contributed by atoms with van der Waals surface area (Å²) in [6.07, 6.45) is 0.494. The van der Waals surface area contributed by atoms with Crippen LogP contribution in [0.15, 0.2) is 23.4 Å². The first-order valence-corrected chi connectivity index (χ1v) is 4.54. The Hall–Kier alpha value is -1.10. The third kappa shape index (κ3) is 1.72. The molecule has 0 bridgehead atoms. The molecule has 0 saturated heterocycles. The Kier molecular flexibility index (Phi) is 2.41. The number of hydrogen-bond donors (Lipinski definition) is 1. The minimum Gasteiger partial charge on any atom is -0.381 e. The van der Waals surface area contributed by atoms with Gasteiger partial charge in [0.15, 0.2) is 17.1 Å². The van der Waals surface area contributed by atoms with Gasteiger partial charge in [-0.2, -0.15) is 0 Å². The number of oxime groups is 1. The maximum absolute atomic E-state index is 12.8. The topological polar surface area (TPSA) is 21.6 Å². The first kappa shape index (κ1) is 9.45. The summed E-state index contributed by atoms with van der Waals surface area (Å²) in [4.78, 5) is 4.83. The number of halogens is 2. The van der Waals surface area contributed by atoms with Gasteiger partial charge >= 0.3 is 0 Å². The zero-order valence-corrected chi connectivity index (χ0v) is 7.97. The molecular formula is C9H7F2NOS. The van der Waals surface area contributed by atoms with Crippen molar-refractivity contribution in [3.05, 3.63) is 35.4 Å². The van der Waals surface area contributed by atoms with E-state index in [1.807, 2.05) is 0 Å². The number of thiol groups is 1. The average molecular weight is 215 g/mol. The molecule has 0 amide bonds. The fraction of sp³-hybridized carbons (Fsp3) is 0.222. The van der Waals surface area contributed by atoms with Crippen molar-refractivity contribution in [2.75, 3.05) is 0 Å². The third-order valence-electron chi connectivity index (χ3n) is 1.91. The SMILES string of the molecule is Fc1ccc(C2=NOC(S)C2)cc1F. The fourth-order valence-electron chi connectivity index (χ4n) is 1.21. The maximum Gasteiger partial charge on any atom is 0.175 e. The van der Waals surface area contributed by atoms with Gasteiger partial charge in [0.25, 0.3) is 0 Å². The monoisotopic (exact) mass is 215 g/mol. The highest BCUT2D eigenvalue weighted by molar-refractivity contribution is 7.80. The number of rotatable bonds is 1. The molecule has 0 saturated carbocycles. The lowest BCUT2D eigenvalue weighted by Crippen LogP contribution is -2.02. The molecule has 0 aliphatic carbocycles. The van der Waals surface area contributed by atoms with Crippen LogP contribution in [-0.4, -0.2) is 11.1 Å². The summed E-state index contributed by atoms with van der Waals surface area (Å²) in [6.45, 7) is 0. The van der Waals surface area contributed by atoms with Crippen LogP contribution in [0.4, 0.5) is 8.78 Å². The van der Waals surface area contributed by atoms with Crippen LogP contribution >= 0.6 is 12.6 Å². The Morgan fingerprint density at radius 2 is 2.14 bits per heavy atom. The van der Waals surface area contributed by atoms with Crippen molar-refractivity contribution >= 4 is 18.3 Å². The third-order valence-corrected chi connectivity index (χ3v) is 2.18. The highest BCUT2D eigenvalue weighted by atomic mass is 32.1. The molecule has 0 fully saturated rings. The van der Waals surface area contributed by atoms with Crippen molar-refractivity contribution in [3.8, 4) is 0 Å². The smallest absolute Gasteiger partial charge is 0.175 e. The maximum atomic E-state index is 12.8. The van der Waals surface area contributed by atoms with Gasteiger partial charge in [-0.25, -0.2) is 8.78 Å². The molecule has 1 atom stereocenters. The van der Waals surface area contributed by atoms with Crippen LogP contribution in [0.5, 0.6) is 0 Å². The second-order valence-corrected chi connectivity index (χ2v) is 3.51. The molecular weight excluding hydrogens is 208 g/mol. The van der Waals surface area contributed by atoms with E-state index in [2.05, 4.69) is 17.8 Å². The molecule has 0 radical (unpaired) electrons. The van der Waals surface area contributed by atoms with Crippen LogP contribution in [0.1, 0.15) is 12.0 Å². The second-order valence-electron chi connectivity index (χ2n) is 2.93. The van der Waals surface area contributed by atoms with E-state index in [1.165, 1.54) is 6.07 Å². The lowest BCUT2D eigenvalue weighted by atomic mass is 10.1. The van der Waals surface area contributed by atoms with E-state index in [0.717, 1.165) is 12.1 Å². The number of nitrogens with zero attached hydrogens (tertiary/aromatic N) is 1. The summed E-state index contributed by atoms with van der Waals surface area (Å²) in [5.41, 5.74) is 0.822. The van der Waals surface area contributed by atoms with Gasteiger partial charge in [-0.3, -0.25) is 0 Å². The molecule has 14 heavy (non-hydrogen) atoms. The van der Waals surface area contributed by atoms with Gasteiger partial charge in [0.1, 0.15) is 0 Å². The van der Waals surface area contributed by atoms with E-state index < -0.39 is 11.6 Å². The van der Waals surface area contributed by atoms with Gasteiger partial charge in [-0.05, 0) is 18.2 Å². The summed E-state index contributed by atoms with van der Waals surface area (Å²) in [5.74, 6) is -1.75. The Morgan fingerprint density at radius 1 is 1.36 bits per heavy atom. The average Bonchev–Trinajstić information content (AvgIpc) is 2.57. The Bertz CT molecular complexity index is 394. The van der Waals surface area contributed by atoms with E-state index >= 15 is 0 Å². The van der Waals surface area contributed by atoms with Crippen LogP contribution in [-0.2, 0) is 4.84 Å². The minimum absolute atomic E-state index is 0.293. The van der Waals surface area contributed by atoms with Crippen LogP contribution in [0.3, 0.4) is 0 Å². The lowest BCUT2D eigenvalue weighted by molar-refractivity contribution is 0.150.